The number of aromatic nitrogens is 2. The first-order chi connectivity index (χ1) is 11.5. The topological polar surface area (TPSA) is 59.2 Å². The third-order valence-electron chi connectivity index (χ3n) is 4.02. The summed E-state index contributed by atoms with van der Waals surface area (Å²) in [4.78, 5) is 14.3. The Labute approximate surface area is 154 Å². The van der Waals surface area contributed by atoms with Crippen LogP contribution in [0, 0.1) is 11.8 Å². The summed E-state index contributed by atoms with van der Waals surface area (Å²) in [6.07, 6.45) is 1.19. The van der Waals surface area contributed by atoms with Gasteiger partial charge < -0.3 is 9.32 Å². The van der Waals surface area contributed by atoms with Gasteiger partial charge in [0.1, 0.15) is 0 Å². The van der Waals surface area contributed by atoms with Gasteiger partial charge in [0.25, 0.3) is 5.22 Å². The highest BCUT2D eigenvalue weighted by Crippen LogP contribution is 2.26. The first kappa shape index (κ1) is 17.5. The average molecular weight is 410 g/mol. The lowest BCUT2D eigenvalue weighted by Gasteiger charge is -2.34. The van der Waals surface area contributed by atoms with Crippen LogP contribution in [0.25, 0.3) is 11.5 Å². The van der Waals surface area contributed by atoms with E-state index in [0.717, 1.165) is 23.1 Å². The van der Waals surface area contributed by atoms with Crippen LogP contribution in [-0.2, 0) is 4.79 Å². The fraction of sp³-hybridized carbons (Fsp3) is 0.471. The molecule has 1 aliphatic heterocycles. The number of halogens is 1. The number of likely N-dealkylation sites (tertiary alicyclic amines) is 1. The van der Waals surface area contributed by atoms with Gasteiger partial charge in [0.15, 0.2) is 0 Å². The summed E-state index contributed by atoms with van der Waals surface area (Å²) in [7, 11) is 0. The normalized spacial score (nSPS) is 21.0. The van der Waals surface area contributed by atoms with E-state index >= 15 is 0 Å². The minimum absolute atomic E-state index is 0.139. The van der Waals surface area contributed by atoms with Crippen molar-refractivity contribution in [1.82, 2.24) is 15.1 Å². The molecule has 0 aliphatic carbocycles. The zero-order chi connectivity index (χ0) is 17.1. The highest BCUT2D eigenvalue weighted by molar-refractivity contribution is 9.10. The van der Waals surface area contributed by atoms with Gasteiger partial charge in [-0.3, -0.25) is 4.79 Å². The molecule has 0 radical (unpaired) electrons. The van der Waals surface area contributed by atoms with Crippen LogP contribution in [0.15, 0.2) is 38.4 Å². The Morgan fingerprint density at radius 3 is 2.79 bits per heavy atom. The molecular formula is C17H20BrN3O2S. The molecule has 5 nitrogen and oxygen atoms in total. The van der Waals surface area contributed by atoms with Gasteiger partial charge in [-0.05, 0) is 36.5 Å². The first-order valence-electron chi connectivity index (χ1n) is 8.01. The van der Waals surface area contributed by atoms with Crippen molar-refractivity contribution in [3.05, 3.63) is 28.7 Å². The van der Waals surface area contributed by atoms with Crippen LogP contribution in [0.3, 0.4) is 0 Å². The number of hydrogen-bond acceptors (Lipinski definition) is 5. The molecule has 128 valence electrons. The second kappa shape index (κ2) is 7.70. The first-order valence-corrected chi connectivity index (χ1v) is 9.79. The summed E-state index contributed by atoms with van der Waals surface area (Å²) in [5.41, 5.74) is 0.855. The van der Waals surface area contributed by atoms with E-state index in [9.17, 15) is 4.79 Å². The van der Waals surface area contributed by atoms with E-state index in [1.54, 1.807) is 0 Å². The van der Waals surface area contributed by atoms with Crippen molar-refractivity contribution in [1.29, 1.82) is 0 Å². The Bertz CT molecular complexity index is 711. The van der Waals surface area contributed by atoms with E-state index in [0.29, 0.717) is 28.7 Å². The zero-order valence-electron chi connectivity index (χ0n) is 13.7. The number of carbonyl (C=O) groups is 1. The molecule has 1 saturated heterocycles. The molecule has 1 aromatic heterocycles. The fourth-order valence-electron chi connectivity index (χ4n) is 3.09. The minimum atomic E-state index is 0.139. The molecule has 0 bridgehead atoms. The molecule has 2 atom stereocenters. The van der Waals surface area contributed by atoms with Crippen molar-refractivity contribution in [3.63, 3.8) is 0 Å². The monoisotopic (exact) mass is 409 g/mol. The Hall–Kier alpha value is -1.34. The van der Waals surface area contributed by atoms with Gasteiger partial charge >= 0.3 is 0 Å². The van der Waals surface area contributed by atoms with E-state index in [-0.39, 0.29) is 5.91 Å². The summed E-state index contributed by atoms with van der Waals surface area (Å²) >= 11 is 4.73. The van der Waals surface area contributed by atoms with Crippen molar-refractivity contribution in [2.24, 2.45) is 11.8 Å². The van der Waals surface area contributed by atoms with Gasteiger partial charge in [-0.25, -0.2) is 0 Å². The number of piperidine rings is 1. The molecule has 2 aromatic rings. The number of amides is 1. The summed E-state index contributed by atoms with van der Waals surface area (Å²) in [5, 5.41) is 8.52. The molecule has 1 amide bonds. The van der Waals surface area contributed by atoms with Crippen LogP contribution in [-0.4, -0.2) is 39.8 Å². The maximum absolute atomic E-state index is 12.4. The third-order valence-corrected chi connectivity index (χ3v) is 5.32. The second-order valence-electron chi connectivity index (χ2n) is 6.42. The summed E-state index contributed by atoms with van der Waals surface area (Å²) in [6.45, 7) is 6.09. The van der Waals surface area contributed by atoms with Crippen LogP contribution >= 0.6 is 27.7 Å². The van der Waals surface area contributed by atoms with Gasteiger partial charge in [-0.1, -0.05) is 47.6 Å². The lowest BCUT2D eigenvalue weighted by molar-refractivity contribution is -0.130. The smallest absolute Gasteiger partial charge is 0.277 e. The molecular weight excluding hydrogens is 390 g/mol. The van der Waals surface area contributed by atoms with E-state index in [1.807, 2.05) is 29.2 Å². The predicted molar refractivity (Wildman–Crippen MR) is 97.7 cm³/mol. The van der Waals surface area contributed by atoms with Crippen molar-refractivity contribution >= 4 is 33.6 Å². The number of thioether (sulfide) groups is 1. The van der Waals surface area contributed by atoms with Gasteiger partial charge in [0.2, 0.25) is 11.8 Å². The van der Waals surface area contributed by atoms with E-state index in [1.165, 1.54) is 18.2 Å². The molecule has 7 heteroatoms. The maximum Gasteiger partial charge on any atom is 0.277 e. The van der Waals surface area contributed by atoms with E-state index in [4.69, 9.17) is 4.42 Å². The Kier molecular flexibility index (Phi) is 5.61. The van der Waals surface area contributed by atoms with Crippen molar-refractivity contribution in [3.8, 4) is 11.5 Å². The second-order valence-corrected chi connectivity index (χ2v) is 8.26. The lowest BCUT2D eigenvalue weighted by Crippen LogP contribution is -2.43. The van der Waals surface area contributed by atoms with Gasteiger partial charge in [0.05, 0.1) is 5.75 Å². The molecule has 0 saturated carbocycles. The SMILES string of the molecule is C[C@@H]1C[C@H](C)CN(C(=O)CSc2nnc(-c3cccc(Br)c3)o2)C1. The van der Waals surface area contributed by atoms with E-state index < -0.39 is 0 Å². The van der Waals surface area contributed by atoms with Crippen LogP contribution < -0.4 is 0 Å². The molecule has 0 spiro atoms. The Balaban J connectivity index is 1.58. The van der Waals surface area contributed by atoms with E-state index in [2.05, 4.69) is 40.0 Å². The highest BCUT2D eigenvalue weighted by atomic mass is 79.9. The molecule has 1 aromatic carbocycles. The van der Waals surface area contributed by atoms with Gasteiger partial charge in [0, 0.05) is 23.1 Å². The van der Waals surface area contributed by atoms with Crippen LogP contribution in [0.4, 0.5) is 0 Å². The third kappa shape index (κ3) is 4.39. The van der Waals surface area contributed by atoms with Crippen LogP contribution in [0.2, 0.25) is 0 Å². The van der Waals surface area contributed by atoms with Crippen molar-refractivity contribution in [2.75, 3.05) is 18.8 Å². The number of nitrogens with zero attached hydrogens (tertiary/aromatic N) is 3. The maximum atomic E-state index is 12.4. The molecule has 1 aliphatic rings. The quantitative estimate of drug-likeness (QED) is 0.711. The van der Waals surface area contributed by atoms with Crippen LogP contribution in [0.1, 0.15) is 20.3 Å². The van der Waals surface area contributed by atoms with Crippen LogP contribution in [0.5, 0.6) is 0 Å². The summed E-state index contributed by atoms with van der Waals surface area (Å²) in [6, 6.07) is 7.69. The average Bonchev–Trinajstić information content (AvgIpc) is 3.00. The number of benzene rings is 1. The Morgan fingerprint density at radius 2 is 2.08 bits per heavy atom. The molecule has 0 unspecified atom stereocenters. The minimum Gasteiger partial charge on any atom is -0.411 e. The summed E-state index contributed by atoms with van der Waals surface area (Å²) in [5.74, 6) is 2.06. The zero-order valence-corrected chi connectivity index (χ0v) is 16.1. The van der Waals surface area contributed by atoms with Crippen molar-refractivity contribution in [2.45, 2.75) is 25.5 Å². The lowest BCUT2D eigenvalue weighted by atomic mass is 9.92. The molecule has 2 heterocycles. The molecule has 0 N–H and O–H groups in total. The largest absolute Gasteiger partial charge is 0.411 e. The van der Waals surface area contributed by atoms with Gasteiger partial charge in [-0.15, -0.1) is 10.2 Å². The standard InChI is InChI=1S/C17H20BrN3O2S/c1-11-6-12(2)9-21(8-11)15(22)10-24-17-20-19-16(23-17)13-4-3-5-14(18)7-13/h3-5,7,11-12H,6,8-10H2,1-2H3/t11-,12+. The number of carbonyl (C=O) groups excluding carboxylic acids is 1. The predicted octanol–water partition coefficient (Wildman–Crippen LogP) is 4.10. The molecule has 24 heavy (non-hydrogen) atoms. The fourth-order valence-corrected chi connectivity index (χ4v) is 4.15. The number of rotatable bonds is 4. The molecule has 3 rings (SSSR count). The van der Waals surface area contributed by atoms with Crippen molar-refractivity contribution < 1.29 is 9.21 Å². The Morgan fingerprint density at radius 1 is 1.33 bits per heavy atom. The number of hydrogen-bond donors (Lipinski definition) is 0. The summed E-state index contributed by atoms with van der Waals surface area (Å²) < 4.78 is 6.61. The highest BCUT2D eigenvalue weighted by Gasteiger charge is 2.25. The molecule has 1 fully saturated rings. The van der Waals surface area contributed by atoms with Gasteiger partial charge in [-0.2, -0.15) is 0 Å².